The lowest BCUT2D eigenvalue weighted by atomic mass is 9.76. The van der Waals surface area contributed by atoms with Gasteiger partial charge >= 0.3 is 12.5 Å². The molecular weight excluding hydrogens is 550 g/mol. The molecule has 1 aromatic rings. The Morgan fingerprint density at radius 2 is 1.34 bits per heavy atom. The number of ether oxygens (including phenoxy) is 4. The van der Waals surface area contributed by atoms with E-state index in [9.17, 15) is 17.6 Å². The van der Waals surface area contributed by atoms with Crippen LogP contribution in [-0.4, -0.2) is 38.1 Å². The average Bonchev–Trinajstić information content (AvgIpc) is 2.94. The molecular formula is C31H42F6O4. The van der Waals surface area contributed by atoms with Crippen molar-refractivity contribution < 1.29 is 45.3 Å². The Labute approximate surface area is 238 Å². The topological polar surface area (TPSA) is 36.9 Å². The lowest BCUT2D eigenvalue weighted by Crippen LogP contribution is -2.43. The number of hydrogen-bond donors (Lipinski definition) is 0. The van der Waals surface area contributed by atoms with E-state index in [0.29, 0.717) is 82.0 Å². The first-order valence-electron chi connectivity index (χ1n) is 15.3. The van der Waals surface area contributed by atoms with Crippen molar-refractivity contribution in [3.05, 3.63) is 29.6 Å². The van der Waals surface area contributed by atoms with Gasteiger partial charge in [0.2, 0.25) is 0 Å². The number of alkyl halides is 5. The maximum atomic E-state index is 15.2. The minimum absolute atomic E-state index is 0.123. The maximum absolute atomic E-state index is 15.2. The Morgan fingerprint density at radius 1 is 0.732 bits per heavy atom. The molecule has 41 heavy (non-hydrogen) atoms. The SMILES string of the molecule is CC1CCC(C2COC(C3CCC(C(F)(F)OC4CCC(c5ccc(OC(F)(F)F)c(F)c5)CC4)CC3)OC2)CC1. The molecule has 1 aliphatic heterocycles. The van der Waals surface area contributed by atoms with E-state index in [-0.39, 0.29) is 18.1 Å². The zero-order valence-corrected chi connectivity index (χ0v) is 23.7. The fourth-order valence-corrected chi connectivity index (χ4v) is 7.37. The Kier molecular flexibility index (Phi) is 9.81. The quantitative estimate of drug-likeness (QED) is 0.296. The molecule has 4 fully saturated rings. The molecule has 4 nitrogen and oxygen atoms in total. The molecule has 232 valence electrons. The maximum Gasteiger partial charge on any atom is 0.573 e. The molecule has 3 aliphatic carbocycles. The minimum Gasteiger partial charge on any atom is -0.403 e. The number of benzene rings is 1. The molecule has 0 amide bonds. The highest BCUT2D eigenvalue weighted by atomic mass is 19.4. The summed E-state index contributed by atoms with van der Waals surface area (Å²) < 4.78 is 103. The summed E-state index contributed by atoms with van der Waals surface area (Å²) in [7, 11) is 0. The van der Waals surface area contributed by atoms with Crippen LogP contribution in [0, 0.1) is 35.4 Å². The molecule has 0 unspecified atom stereocenters. The zero-order chi connectivity index (χ0) is 29.2. The van der Waals surface area contributed by atoms with E-state index < -0.39 is 36.1 Å². The van der Waals surface area contributed by atoms with Gasteiger partial charge in [0.25, 0.3) is 0 Å². The van der Waals surface area contributed by atoms with E-state index in [1.807, 2.05) is 0 Å². The fourth-order valence-electron chi connectivity index (χ4n) is 7.37. The minimum atomic E-state index is -4.98. The third-order valence-electron chi connectivity index (χ3n) is 9.96. The van der Waals surface area contributed by atoms with Crippen LogP contribution in [0.2, 0.25) is 0 Å². The van der Waals surface area contributed by atoms with Crippen molar-refractivity contribution in [1.82, 2.24) is 0 Å². The number of halogens is 6. The molecule has 10 heteroatoms. The first-order chi connectivity index (χ1) is 19.5. The Morgan fingerprint density at radius 3 is 1.93 bits per heavy atom. The van der Waals surface area contributed by atoms with Gasteiger partial charge < -0.3 is 18.9 Å². The Balaban J connectivity index is 1.03. The van der Waals surface area contributed by atoms with Crippen LogP contribution >= 0.6 is 0 Å². The van der Waals surface area contributed by atoms with E-state index in [0.717, 1.165) is 18.1 Å². The summed E-state index contributed by atoms with van der Waals surface area (Å²) in [5.41, 5.74) is 0.535. The van der Waals surface area contributed by atoms with Crippen LogP contribution in [-0.2, 0) is 14.2 Å². The predicted octanol–water partition coefficient (Wildman–Crippen LogP) is 8.98. The van der Waals surface area contributed by atoms with Gasteiger partial charge in [0.05, 0.1) is 25.2 Å². The lowest BCUT2D eigenvalue weighted by Gasteiger charge is -2.42. The lowest BCUT2D eigenvalue weighted by molar-refractivity contribution is -0.305. The van der Waals surface area contributed by atoms with Crippen molar-refractivity contribution in [2.75, 3.05) is 13.2 Å². The van der Waals surface area contributed by atoms with E-state index in [1.54, 1.807) is 0 Å². The standard InChI is InChI=1S/C31H42F6O4/c1-19-2-4-21(5-3-19)24-17-38-29(39-18-24)22-6-11-25(12-7-22)30(33,34)40-26-13-8-20(9-14-26)23-10-15-28(27(32)16-23)41-31(35,36)37/h10,15-16,19-22,24-26,29H,2-9,11-14,17-18H2,1H3. The molecule has 0 radical (unpaired) electrons. The summed E-state index contributed by atoms with van der Waals surface area (Å²) in [4.78, 5) is 0. The van der Waals surface area contributed by atoms with Crippen molar-refractivity contribution in [3.63, 3.8) is 0 Å². The zero-order valence-electron chi connectivity index (χ0n) is 23.7. The van der Waals surface area contributed by atoms with Crippen LogP contribution in [0.15, 0.2) is 18.2 Å². The molecule has 1 heterocycles. The smallest absolute Gasteiger partial charge is 0.403 e. The summed E-state index contributed by atoms with van der Waals surface area (Å²) in [6.07, 6.45) is -0.447. The molecule has 1 saturated heterocycles. The van der Waals surface area contributed by atoms with Crippen molar-refractivity contribution in [3.8, 4) is 5.75 Å². The second-order valence-electron chi connectivity index (χ2n) is 12.8. The van der Waals surface area contributed by atoms with Gasteiger partial charge in [-0.25, -0.2) is 4.39 Å². The third-order valence-corrected chi connectivity index (χ3v) is 9.96. The van der Waals surface area contributed by atoms with E-state index in [1.165, 1.54) is 31.7 Å². The first kappa shape index (κ1) is 30.9. The van der Waals surface area contributed by atoms with Crippen LogP contribution in [0.25, 0.3) is 0 Å². The van der Waals surface area contributed by atoms with Gasteiger partial charge in [-0.2, -0.15) is 8.78 Å². The Hall–Kier alpha value is -1.52. The van der Waals surface area contributed by atoms with E-state index >= 15 is 8.78 Å². The summed E-state index contributed by atoms with van der Waals surface area (Å²) in [6.45, 7) is 3.71. The van der Waals surface area contributed by atoms with Gasteiger partial charge in [0.1, 0.15) is 0 Å². The van der Waals surface area contributed by atoms with E-state index in [4.69, 9.17) is 14.2 Å². The molecule has 0 bridgehead atoms. The van der Waals surface area contributed by atoms with Crippen LogP contribution in [0.3, 0.4) is 0 Å². The summed E-state index contributed by atoms with van der Waals surface area (Å²) >= 11 is 0. The van der Waals surface area contributed by atoms with E-state index in [2.05, 4.69) is 11.7 Å². The molecule has 1 aromatic carbocycles. The summed E-state index contributed by atoms with van der Waals surface area (Å²) in [6, 6.07) is 3.40. The van der Waals surface area contributed by atoms with Crippen LogP contribution in [0.4, 0.5) is 26.3 Å². The van der Waals surface area contributed by atoms with Gasteiger partial charge in [-0.1, -0.05) is 25.8 Å². The van der Waals surface area contributed by atoms with Gasteiger partial charge in [-0.15, -0.1) is 13.2 Å². The second-order valence-corrected chi connectivity index (χ2v) is 12.8. The van der Waals surface area contributed by atoms with Crippen molar-refractivity contribution in [1.29, 1.82) is 0 Å². The highest BCUT2D eigenvalue weighted by Gasteiger charge is 2.46. The number of rotatable bonds is 7. The first-order valence-corrected chi connectivity index (χ1v) is 15.3. The highest BCUT2D eigenvalue weighted by Crippen LogP contribution is 2.45. The van der Waals surface area contributed by atoms with Crippen molar-refractivity contribution in [2.45, 2.75) is 115 Å². The molecule has 3 saturated carbocycles. The molecule has 5 rings (SSSR count). The average molecular weight is 593 g/mol. The van der Waals surface area contributed by atoms with Gasteiger partial charge in [0.15, 0.2) is 17.9 Å². The van der Waals surface area contributed by atoms with Gasteiger partial charge in [0, 0.05) is 11.8 Å². The Bertz CT molecular complexity index is 971. The molecule has 0 spiro atoms. The molecule has 4 aliphatic rings. The fraction of sp³-hybridized carbons (Fsp3) is 0.806. The van der Waals surface area contributed by atoms with Gasteiger partial charge in [-0.3, -0.25) is 0 Å². The normalized spacial score (nSPS) is 35.7. The molecule has 0 aromatic heterocycles. The second kappa shape index (κ2) is 13.0. The molecule has 0 N–H and O–H groups in total. The van der Waals surface area contributed by atoms with Crippen LogP contribution in [0.1, 0.15) is 95.5 Å². The third kappa shape index (κ3) is 8.11. The highest BCUT2D eigenvalue weighted by molar-refractivity contribution is 5.31. The predicted molar refractivity (Wildman–Crippen MR) is 140 cm³/mol. The largest absolute Gasteiger partial charge is 0.573 e. The van der Waals surface area contributed by atoms with Gasteiger partial charge in [-0.05, 0) is 99.7 Å². The monoisotopic (exact) mass is 592 g/mol. The van der Waals surface area contributed by atoms with Crippen molar-refractivity contribution in [2.24, 2.45) is 29.6 Å². The van der Waals surface area contributed by atoms with Crippen molar-refractivity contribution >= 4 is 0 Å². The summed E-state index contributed by atoms with van der Waals surface area (Å²) in [5.74, 6) is -0.942. The summed E-state index contributed by atoms with van der Waals surface area (Å²) in [5, 5.41) is 0. The number of hydrogen-bond acceptors (Lipinski definition) is 4. The molecule has 0 atom stereocenters. The van der Waals surface area contributed by atoms with Crippen LogP contribution < -0.4 is 4.74 Å². The van der Waals surface area contributed by atoms with Crippen LogP contribution in [0.5, 0.6) is 5.75 Å².